The van der Waals surface area contributed by atoms with Gasteiger partial charge in [0.15, 0.2) is 5.82 Å². The van der Waals surface area contributed by atoms with Crippen LogP contribution in [0.25, 0.3) is 0 Å². The highest BCUT2D eigenvalue weighted by atomic mass is 32.2. The van der Waals surface area contributed by atoms with Crippen LogP contribution in [0.5, 0.6) is 0 Å². The molecule has 0 aromatic carbocycles. The van der Waals surface area contributed by atoms with Gasteiger partial charge in [0.25, 0.3) is 0 Å². The number of hydrogen-bond acceptors (Lipinski definition) is 6. The number of aromatic nitrogens is 3. The molecule has 0 aliphatic carbocycles. The number of rotatable bonds is 5. The largest absolute Gasteiger partial charge is 0.347 e. The van der Waals surface area contributed by atoms with E-state index in [0.717, 1.165) is 0 Å². The van der Waals surface area contributed by atoms with Crippen LogP contribution in [-0.2, 0) is 16.6 Å². The third kappa shape index (κ3) is 2.64. The average molecular weight is 268 g/mol. The molecule has 0 amide bonds. The minimum atomic E-state index is -3.69. The summed E-state index contributed by atoms with van der Waals surface area (Å²) in [7, 11) is -3.69. The van der Waals surface area contributed by atoms with Crippen molar-refractivity contribution in [2.24, 2.45) is 5.84 Å². The van der Waals surface area contributed by atoms with Crippen LogP contribution in [0.1, 0.15) is 5.82 Å². The van der Waals surface area contributed by atoms with Crippen molar-refractivity contribution in [1.29, 1.82) is 0 Å². The number of pyridine rings is 1. The molecule has 2 heterocycles. The predicted octanol–water partition coefficient (Wildman–Crippen LogP) is -0.431. The fourth-order valence-electron chi connectivity index (χ4n) is 1.35. The Labute approximate surface area is 104 Å². The number of sulfonamides is 1. The van der Waals surface area contributed by atoms with Crippen molar-refractivity contribution >= 4 is 15.8 Å². The molecular formula is C9H12N6O2S. The molecule has 96 valence electrons. The minimum absolute atomic E-state index is 0.0148. The van der Waals surface area contributed by atoms with Gasteiger partial charge in [-0.25, -0.2) is 29.0 Å². The summed E-state index contributed by atoms with van der Waals surface area (Å²) in [6.45, 7) is 0.0637. The van der Waals surface area contributed by atoms with Gasteiger partial charge in [0, 0.05) is 18.6 Å². The van der Waals surface area contributed by atoms with Crippen LogP contribution in [0, 0.1) is 0 Å². The maximum absolute atomic E-state index is 12.0. The van der Waals surface area contributed by atoms with Crippen molar-refractivity contribution in [2.75, 3.05) is 5.43 Å². The van der Waals surface area contributed by atoms with E-state index in [0.29, 0.717) is 5.82 Å². The number of nitrogens with one attached hydrogen (secondary N) is 3. The van der Waals surface area contributed by atoms with Gasteiger partial charge in [-0.2, -0.15) is 0 Å². The lowest BCUT2D eigenvalue weighted by Crippen LogP contribution is -2.25. The van der Waals surface area contributed by atoms with E-state index in [-0.39, 0.29) is 17.3 Å². The lowest BCUT2D eigenvalue weighted by Gasteiger charge is -2.08. The van der Waals surface area contributed by atoms with Crippen LogP contribution < -0.4 is 16.0 Å². The first kappa shape index (κ1) is 12.5. The average Bonchev–Trinajstić information content (AvgIpc) is 2.89. The number of anilines is 1. The van der Waals surface area contributed by atoms with Crippen molar-refractivity contribution in [3.05, 3.63) is 36.5 Å². The Balaban J connectivity index is 2.20. The maximum atomic E-state index is 12.0. The number of aromatic amines is 1. The van der Waals surface area contributed by atoms with Crippen LogP contribution >= 0.6 is 0 Å². The molecule has 9 heteroatoms. The Morgan fingerprint density at radius 3 is 2.83 bits per heavy atom. The first-order chi connectivity index (χ1) is 8.63. The van der Waals surface area contributed by atoms with Gasteiger partial charge in [0.2, 0.25) is 10.0 Å². The molecule has 0 saturated carbocycles. The molecule has 0 saturated heterocycles. The third-order valence-electron chi connectivity index (χ3n) is 2.18. The SMILES string of the molecule is NNc1ncccc1S(=O)(=O)NCc1ncc[nH]1. The Bertz CT molecular complexity index is 610. The number of nitrogen functional groups attached to an aromatic ring is 1. The first-order valence-electron chi connectivity index (χ1n) is 5.03. The maximum Gasteiger partial charge on any atom is 0.244 e. The molecule has 2 aromatic rings. The Kier molecular flexibility index (Phi) is 3.55. The molecule has 0 aliphatic rings. The molecule has 0 bridgehead atoms. The summed E-state index contributed by atoms with van der Waals surface area (Å²) in [5.74, 6) is 5.82. The van der Waals surface area contributed by atoms with Crippen LogP contribution in [0.2, 0.25) is 0 Å². The number of nitrogens with two attached hydrogens (primary N) is 1. The quantitative estimate of drug-likeness (QED) is 0.430. The molecule has 8 nitrogen and oxygen atoms in total. The summed E-state index contributed by atoms with van der Waals surface area (Å²) in [6, 6.07) is 2.93. The predicted molar refractivity (Wildman–Crippen MR) is 64.7 cm³/mol. The molecule has 0 atom stereocenters. The molecule has 0 spiro atoms. The van der Waals surface area contributed by atoms with Crippen molar-refractivity contribution in [3.63, 3.8) is 0 Å². The molecule has 2 aromatic heterocycles. The van der Waals surface area contributed by atoms with Gasteiger partial charge in [-0.1, -0.05) is 0 Å². The lowest BCUT2D eigenvalue weighted by molar-refractivity contribution is 0.579. The van der Waals surface area contributed by atoms with E-state index in [1.807, 2.05) is 0 Å². The van der Waals surface area contributed by atoms with E-state index >= 15 is 0 Å². The normalized spacial score (nSPS) is 11.4. The van der Waals surface area contributed by atoms with Crippen molar-refractivity contribution < 1.29 is 8.42 Å². The van der Waals surface area contributed by atoms with E-state index in [2.05, 4.69) is 25.1 Å². The Hall–Kier alpha value is -1.97. The summed E-state index contributed by atoms with van der Waals surface area (Å²) >= 11 is 0. The summed E-state index contributed by atoms with van der Waals surface area (Å²) in [6.07, 6.45) is 4.60. The van der Waals surface area contributed by atoms with Crippen molar-refractivity contribution in [1.82, 2.24) is 19.7 Å². The highest BCUT2D eigenvalue weighted by Crippen LogP contribution is 2.16. The van der Waals surface area contributed by atoms with Crippen LogP contribution in [0.3, 0.4) is 0 Å². The highest BCUT2D eigenvalue weighted by Gasteiger charge is 2.18. The van der Waals surface area contributed by atoms with Gasteiger partial charge in [0.1, 0.15) is 10.7 Å². The van der Waals surface area contributed by atoms with Crippen LogP contribution in [-0.4, -0.2) is 23.4 Å². The molecule has 0 fully saturated rings. The van der Waals surface area contributed by atoms with Gasteiger partial charge >= 0.3 is 0 Å². The molecule has 0 aliphatic heterocycles. The number of hydrazine groups is 1. The van der Waals surface area contributed by atoms with E-state index in [4.69, 9.17) is 5.84 Å². The molecular weight excluding hydrogens is 256 g/mol. The van der Waals surface area contributed by atoms with Gasteiger partial charge < -0.3 is 10.4 Å². The van der Waals surface area contributed by atoms with E-state index in [1.54, 1.807) is 12.4 Å². The molecule has 18 heavy (non-hydrogen) atoms. The number of hydrogen-bond donors (Lipinski definition) is 4. The number of H-pyrrole nitrogens is 1. The van der Waals surface area contributed by atoms with Crippen molar-refractivity contribution in [2.45, 2.75) is 11.4 Å². The lowest BCUT2D eigenvalue weighted by atomic mass is 10.5. The van der Waals surface area contributed by atoms with Gasteiger partial charge in [0.05, 0.1) is 6.54 Å². The fourth-order valence-corrected chi connectivity index (χ4v) is 2.46. The van der Waals surface area contributed by atoms with Crippen molar-refractivity contribution in [3.8, 4) is 0 Å². The summed E-state index contributed by atoms with van der Waals surface area (Å²) in [5, 5.41) is 0. The van der Waals surface area contributed by atoms with E-state index in [1.165, 1.54) is 18.3 Å². The van der Waals surface area contributed by atoms with Gasteiger partial charge in [-0.3, -0.25) is 0 Å². The highest BCUT2D eigenvalue weighted by molar-refractivity contribution is 7.89. The summed E-state index contributed by atoms with van der Waals surface area (Å²) in [4.78, 5) is 10.5. The third-order valence-corrected chi connectivity index (χ3v) is 3.61. The number of nitrogens with zero attached hydrogens (tertiary/aromatic N) is 2. The zero-order chi connectivity index (χ0) is 13.0. The molecule has 2 rings (SSSR count). The van der Waals surface area contributed by atoms with E-state index in [9.17, 15) is 8.42 Å². The van der Waals surface area contributed by atoms with E-state index < -0.39 is 10.0 Å². The molecule has 0 radical (unpaired) electrons. The smallest absolute Gasteiger partial charge is 0.244 e. The second-order valence-corrected chi connectivity index (χ2v) is 5.09. The molecule has 5 N–H and O–H groups in total. The first-order valence-corrected chi connectivity index (χ1v) is 6.51. The van der Waals surface area contributed by atoms with Crippen LogP contribution in [0.15, 0.2) is 35.6 Å². The Morgan fingerprint density at radius 1 is 1.33 bits per heavy atom. The summed E-state index contributed by atoms with van der Waals surface area (Å²) in [5.41, 5.74) is 2.24. The summed E-state index contributed by atoms with van der Waals surface area (Å²) < 4.78 is 26.4. The standard InChI is InChI=1S/C9H12N6O2S/c10-15-9-7(2-1-3-13-9)18(16,17)14-6-8-11-4-5-12-8/h1-5,14H,6,10H2,(H,11,12)(H,13,15). The monoisotopic (exact) mass is 268 g/mol. The topological polar surface area (TPSA) is 126 Å². The second kappa shape index (κ2) is 5.12. The zero-order valence-corrected chi connectivity index (χ0v) is 10.1. The Morgan fingerprint density at radius 2 is 2.17 bits per heavy atom. The van der Waals surface area contributed by atoms with Crippen LogP contribution in [0.4, 0.5) is 5.82 Å². The zero-order valence-electron chi connectivity index (χ0n) is 9.29. The second-order valence-electron chi connectivity index (χ2n) is 3.35. The fraction of sp³-hybridized carbons (Fsp3) is 0.111. The van der Waals surface area contributed by atoms with Gasteiger partial charge in [-0.05, 0) is 12.1 Å². The minimum Gasteiger partial charge on any atom is -0.347 e. The van der Waals surface area contributed by atoms with Gasteiger partial charge in [-0.15, -0.1) is 0 Å². The molecule has 0 unspecified atom stereocenters. The number of imidazole rings is 1.